The molecule has 1 N–H and O–H groups in total. The smallest absolute Gasteiger partial charge is 0.142 e. The van der Waals surface area contributed by atoms with Gasteiger partial charge in [-0.05, 0) is 44.4 Å². The third-order valence-electron chi connectivity index (χ3n) is 5.11. The van der Waals surface area contributed by atoms with E-state index in [1.165, 1.54) is 0 Å². The van der Waals surface area contributed by atoms with E-state index in [1.807, 2.05) is 13.8 Å². The predicted molar refractivity (Wildman–Crippen MR) is 68.5 cm³/mol. The maximum atomic E-state index is 12.4. The van der Waals surface area contributed by atoms with Gasteiger partial charge in [0.1, 0.15) is 5.78 Å². The minimum Gasteiger partial charge on any atom is -0.389 e. The van der Waals surface area contributed by atoms with Gasteiger partial charge in [-0.3, -0.25) is 4.79 Å². The third-order valence-corrected chi connectivity index (χ3v) is 5.11. The molecule has 0 heterocycles. The lowest BCUT2D eigenvalue weighted by Gasteiger charge is -2.52. The fourth-order valence-electron chi connectivity index (χ4n) is 3.78. The van der Waals surface area contributed by atoms with Crippen molar-refractivity contribution in [2.24, 2.45) is 23.7 Å². The van der Waals surface area contributed by atoms with Crippen molar-refractivity contribution in [2.75, 3.05) is 0 Å². The Bertz CT molecular complexity index is 347. The Morgan fingerprint density at radius 1 is 1.35 bits per heavy atom. The highest BCUT2D eigenvalue weighted by atomic mass is 16.3. The minimum absolute atomic E-state index is 0.104. The molecule has 17 heavy (non-hydrogen) atoms. The summed E-state index contributed by atoms with van der Waals surface area (Å²) >= 11 is 0. The molecule has 0 aromatic rings. The van der Waals surface area contributed by atoms with Crippen LogP contribution in [-0.2, 0) is 4.79 Å². The number of Topliss-reactive ketones (excluding diaryl/α,β-unsaturated/α-hetero) is 1. The van der Waals surface area contributed by atoms with Gasteiger partial charge >= 0.3 is 0 Å². The molecule has 0 aromatic carbocycles. The Balaban J connectivity index is 2.38. The van der Waals surface area contributed by atoms with Gasteiger partial charge in [0.2, 0.25) is 0 Å². The molecule has 2 heteroatoms. The molecular weight excluding hydrogens is 212 g/mol. The summed E-state index contributed by atoms with van der Waals surface area (Å²) in [7, 11) is 0. The standard InChI is InChI=1S/C15H24O2/c1-9(2)12-6-5-11(4)15(17)8-7-10(3)14(16)13(12)15/h10-13,17H,1,5-8H2,2-4H3/t10-,11-,12+,13+,15-/m1/s1. The lowest BCUT2D eigenvalue weighted by atomic mass is 9.55. The van der Waals surface area contributed by atoms with Gasteiger partial charge < -0.3 is 5.11 Å². The summed E-state index contributed by atoms with van der Waals surface area (Å²) in [6.07, 6.45) is 3.61. The lowest BCUT2D eigenvalue weighted by molar-refractivity contribution is -0.164. The Kier molecular flexibility index (Phi) is 3.19. The van der Waals surface area contributed by atoms with Gasteiger partial charge in [-0.15, -0.1) is 0 Å². The van der Waals surface area contributed by atoms with Crippen molar-refractivity contribution in [1.29, 1.82) is 0 Å². The molecule has 2 saturated carbocycles. The number of allylic oxidation sites excluding steroid dienone is 1. The monoisotopic (exact) mass is 236 g/mol. The topological polar surface area (TPSA) is 37.3 Å². The SMILES string of the molecule is C=C(C)[C@@H]1CC[C@@H](C)[C@]2(O)CC[C@@H](C)C(=O)[C@H]12. The molecular formula is C15H24O2. The van der Waals surface area contributed by atoms with E-state index in [4.69, 9.17) is 0 Å². The Labute approximate surface area is 104 Å². The van der Waals surface area contributed by atoms with Crippen LogP contribution in [0.15, 0.2) is 12.2 Å². The third kappa shape index (κ3) is 1.87. The second kappa shape index (κ2) is 4.24. The van der Waals surface area contributed by atoms with Crippen molar-refractivity contribution in [1.82, 2.24) is 0 Å². The highest BCUT2D eigenvalue weighted by Gasteiger charge is 2.55. The number of ketones is 1. The highest BCUT2D eigenvalue weighted by molar-refractivity contribution is 5.86. The second-order valence-electron chi connectivity index (χ2n) is 6.24. The average molecular weight is 236 g/mol. The fraction of sp³-hybridized carbons (Fsp3) is 0.800. The number of fused-ring (bicyclic) bond motifs is 1. The van der Waals surface area contributed by atoms with Crippen LogP contribution in [0.2, 0.25) is 0 Å². The Morgan fingerprint density at radius 3 is 2.59 bits per heavy atom. The maximum Gasteiger partial charge on any atom is 0.142 e. The van der Waals surface area contributed by atoms with Gasteiger partial charge in [-0.1, -0.05) is 26.0 Å². The summed E-state index contributed by atoms with van der Waals surface area (Å²) in [5, 5.41) is 10.9. The quantitative estimate of drug-likeness (QED) is 0.711. The summed E-state index contributed by atoms with van der Waals surface area (Å²) in [6, 6.07) is 0. The number of carbonyl (C=O) groups is 1. The molecule has 5 atom stereocenters. The molecule has 0 spiro atoms. The van der Waals surface area contributed by atoms with Crippen molar-refractivity contribution >= 4 is 5.78 Å². The van der Waals surface area contributed by atoms with Gasteiger partial charge in [0, 0.05) is 5.92 Å². The molecule has 0 amide bonds. The molecule has 0 unspecified atom stereocenters. The van der Waals surface area contributed by atoms with Crippen LogP contribution in [0.25, 0.3) is 0 Å². The van der Waals surface area contributed by atoms with Gasteiger partial charge in [-0.2, -0.15) is 0 Å². The average Bonchev–Trinajstić information content (AvgIpc) is 2.26. The lowest BCUT2D eigenvalue weighted by Crippen LogP contribution is -2.58. The first kappa shape index (κ1) is 12.8. The van der Waals surface area contributed by atoms with Crippen LogP contribution in [0.3, 0.4) is 0 Å². The summed E-state index contributed by atoms with van der Waals surface area (Å²) in [6.45, 7) is 10.1. The number of hydrogen-bond donors (Lipinski definition) is 1. The Hall–Kier alpha value is -0.630. The van der Waals surface area contributed by atoms with E-state index in [0.717, 1.165) is 31.3 Å². The second-order valence-corrected chi connectivity index (χ2v) is 6.24. The van der Waals surface area contributed by atoms with E-state index >= 15 is 0 Å². The zero-order valence-corrected chi connectivity index (χ0v) is 11.2. The summed E-state index contributed by atoms with van der Waals surface area (Å²) in [5.74, 6) is 0.587. The molecule has 2 aliphatic rings. The van der Waals surface area contributed by atoms with Crippen LogP contribution < -0.4 is 0 Å². The summed E-state index contributed by atoms with van der Waals surface area (Å²) < 4.78 is 0. The fourth-order valence-corrected chi connectivity index (χ4v) is 3.78. The van der Waals surface area contributed by atoms with Crippen molar-refractivity contribution < 1.29 is 9.90 Å². The van der Waals surface area contributed by atoms with Crippen LogP contribution in [-0.4, -0.2) is 16.5 Å². The number of hydrogen-bond acceptors (Lipinski definition) is 2. The van der Waals surface area contributed by atoms with Gasteiger partial charge in [-0.25, -0.2) is 0 Å². The Morgan fingerprint density at radius 2 is 2.00 bits per heavy atom. The van der Waals surface area contributed by atoms with Crippen molar-refractivity contribution in [3.05, 3.63) is 12.2 Å². The van der Waals surface area contributed by atoms with Crippen molar-refractivity contribution in [3.8, 4) is 0 Å². The van der Waals surface area contributed by atoms with Gasteiger partial charge in [0.05, 0.1) is 11.5 Å². The maximum absolute atomic E-state index is 12.4. The predicted octanol–water partition coefficient (Wildman–Crippen LogP) is 2.95. The first-order valence-corrected chi connectivity index (χ1v) is 6.79. The molecule has 0 aromatic heterocycles. The number of rotatable bonds is 1. The van der Waals surface area contributed by atoms with Crippen LogP contribution in [0.5, 0.6) is 0 Å². The van der Waals surface area contributed by atoms with E-state index in [9.17, 15) is 9.90 Å². The minimum atomic E-state index is -0.772. The largest absolute Gasteiger partial charge is 0.389 e. The zero-order chi connectivity index (χ0) is 12.8. The number of carbonyl (C=O) groups excluding carboxylic acids is 1. The van der Waals surface area contributed by atoms with E-state index in [1.54, 1.807) is 0 Å². The molecule has 2 fully saturated rings. The molecule has 0 aliphatic heterocycles. The van der Waals surface area contributed by atoms with Gasteiger partial charge in [0.15, 0.2) is 0 Å². The first-order chi connectivity index (χ1) is 7.88. The molecule has 2 aliphatic carbocycles. The van der Waals surface area contributed by atoms with Gasteiger partial charge in [0.25, 0.3) is 0 Å². The van der Waals surface area contributed by atoms with Crippen molar-refractivity contribution in [3.63, 3.8) is 0 Å². The molecule has 0 bridgehead atoms. The normalized spacial score (nSPS) is 46.5. The highest BCUT2D eigenvalue weighted by Crippen LogP contribution is 2.50. The van der Waals surface area contributed by atoms with Crippen molar-refractivity contribution in [2.45, 2.75) is 52.1 Å². The van der Waals surface area contributed by atoms with E-state index in [-0.39, 0.29) is 29.5 Å². The molecule has 2 rings (SSSR count). The van der Waals surface area contributed by atoms with E-state index < -0.39 is 5.60 Å². The summed E-state index contributed by atoms with van der Waals surface area (Å²) in [5.41, 5.74) is 0.286. The number of aliphatic hydroxyl groups is 1. The molecule has 2 nitrogen and oxygen atoms in total. The molecule has 0 radical (unpaired) electrons. The van der Waals surface area contributed by atoms with Crippen LogP contribution in [0.1, 0.15) is 46.5 Å². The van der Waals surface area contributed by atoms with E-state index in [0.29, 0.717) is 0 Å². The molecule has 96 valence electrons. The van der Waals surface area contributed by atoms with Crippen LogP contribution in [0.4, 0.5) is 0 Å². The van der Waals surface area contributed by atoms with Crippen LogP contribution >= 0.6 is 0 Å². The summed E-state index contributed by atoms with van der Waals surface area (Å²) in [4.78, 5) is 12.4. The van der Waals surface area contributed by atoms with Crippen LogP contribution in [0, 0.1) is 23.7 Å². The molecule has 0 saturated heterocycles. The first-order valence-electron chi connectivity index (χ1n) is 6.79. The van der Waals surface area contributed by atoms with E-state index in [2.05, 4.69) is 13.5 Å². The zero-order valence-electron chi connectivity index (χ0n) is 11.2.